The van der Waals surface area contributed by atoms with E-state index in [1.54, 1.807) is 0 Å². The van der Waals surface area contributed by atoms with Gasteiger partial charge in [-0.3, -0.25) is 4.79 Å². The topological polar surface area (TPSA) is 57.5 Å². The maximum absolute atomic E-state index is 13.0. The maximum Gasteiger partial charge on any atom is 0.162 e. The smallest absolute Gasteiger partial charge is 0.162 e. The number of carbonyl (C=O) groups excluding carboxylic acids is 1. The minimum Gasteiger partial charge on any atom is -0.389 e. The van der Waals surface area contributed by atoms with Crippen molar-refractivity contribution in [3.8, 4) is 0 Å². The van der Waals surface area contributed by atoms with Crippen molar-refractivity contribution in [1.82, 2.24) is 0 Å². The summed E-state index contributed by atoms with van der Waals surface area (Å²) >= 11 is 0. The number of hydrogen-bond donors (Lipinski definition) is 2. The molecule has 2 saturated carbocycles. The van der Waals surface area contributed by atoms with E-state index >= 15 is 0 Å². The number of hydrogen-bond acceptors (Lipinski definition) is 3. The van der Waals surface area contributed by atoms with Gasteiger partial charge in [-0.05, 0) is 61.3 Å². The first kappa shape index (κ1) is 20.0. The Hall–Kier alpha value is -1.97. The second-order valence-electron chi connectivity index (χ2n) is 10.2. The minimum atomic E-state index is -0.473. The molecule has 2 fully saturated rings. The number of allylic oxidation sites excluding steroid dienone is 4. The first-order valence-electron chi connectivity index (χ1n) is 11.4. The van der Waals surface area contributed by atoms with Gasteiger partial charge in [0.25, 0.3) is 0 Å². The lowest BCUT2D eigenvalue weighted by Crippen LogP contribution is -2.45. The number of Topliss-reactive ketones (excluding diaryl/α,β-unsaturated/α-hetero) is 1. The monoisotopic (exact) mass is 404 g/mol. The summed E-state index contributed by atoms with van der Waals surface area (Å²) in [5.74, 6) is 0.910. The molecule has 0 amide bonds. The van der Waals surface area contributed by atoms with Gasteiger partial charge in [0, 0.05) is 11.3 Å². The average molecular weight is 405 g/mol. The van der Waals surface area contributed by atoms with Gasteiger partial charge >= 0.3 is 0 Å². The van der Waals surface area contributed by atoms with Crippen LogP contribution in [0, 0.1) is 28.6 Å². The van der Waals surface area contributed by atoms with E-state index in [-0.39, 0.29) is 35.1 Å². The van der Waals surface area contributed by atoms with Crippen molar-refractivity contribution < 1.29 is 15.0 Å². The van der Waals surface area contributed by atoms with Crippen LogP contribution in [-0.4, -0.2) is 28.7 Å². The Morgan fingerprint density at radius 3 is 2.67 bits per heavy atom. The van der Waals surface area contributed by atoms with Crippen molar-refractivity contribution in [2.75, 3.05) is 6.61 Å². The molecule has 2 N–H and O–H groups in total. The van der Waals surface area contributed by atoms with Crippen molar-refractivity contribution >= 4 is 5.78 Å². The van der Waals surface area contributed by atoms with Gasteiger partial charge in [-0.1, -0.05) is 72.7 Å². The lowest BCUT2D eigenvalue weighted by molar-refractivity contribution is -0.130. The van der Waals surface area contributed by atoms with Crippen LogP contribution in [0.1, 0.15) is 51.0 Å². The predicted molar refractivity (Wildman–Crippen MR) is 118 cm³/mol. The molecule has 1 aromatic carbocycles. The SMILES string of the molecule is C[C@]12C=CC(O)C=C1CCC1C2=CC[C@@]2(C)C1C[C@H](c1ccccc1)[C@@H]2C(=O)CO. The fraction of sp³-hybridized carbons (Fsp3) is 0.519. The molecule has 4 aliphatic rings. The maximum atomic E-state index is 13.0. The Kier molecular flexibility index (Phi) is 4.68. The molecule has 158 valence electrons. The van der Waals surface area contributed by atoms with Crippen LogP contribution in [0.3, 0.4) is 0 Å². The molecular formula is C27H32O3. The van der Waals surface area contributed by atoms with Crippen molar-refractivity contribution in [3.63, 3.8) is 0 Å². The number of fused-ring (bicyclic) bond motifs is 5. The van der Waals surface area contributed by atoms with Crippen LogP contribution >= 0.6 is 0 Å². The fourth-order valence-corrected chi connectivity index (χ4v) is 7.41. The Morgan fingerprint density at radius 1 is 1.17 bits per heavy atom. The van der Waals surface area contributed by atoms with Crippen molar-refractivity contribution in [2.45, 2.75) is 51.6 Å². The zero-order chi connectivity index (χ0) is 21.1. The van der Waals surface area contributed by atoms with E-state index in [9.17, 15) is 15.0 Å². The van der Waals surface area contributed by atoms with E-state index < -0.39 is 6.10 Å². The van der Waals surface area contributed by atoms with Crippen molar-refractivity contribution in [1.29, 1.82) is 0 Å². The number of aliphatic hydroxyl groups is 2. The molecule has 0 aromatic heterocycles. The molecule has 0 saturated heterocycles. The van der Waals surface area contributed by atoms with Crippen LogP contribution in [0.25, 0.3) is 0 Å². The molecule has 3 unspecified atom stereocenters. The normalized spacial score (nSPS) is 41.9. The summed E-state index contributed by atoms with van der Waals surface area (Å²) in [6.45, 7) is 4.21. The van der Waals surface area contributed by atoms with Gasteiger partial charge < -0.3 is 10.2 Å². The van der Waals surface area contributed by atoms with Gasteiger partial charge in [-0.2, -0.15) is 0 Å². The lowest BCUT2D eigenvalue weighted by atomic mass is 9.52. The molecule has 0 heterocycles. The number of aliphatic hydroxyl groups excluding tert-OH is 2. The predicted octanol–water partition coefficient (Wildman–Crippen LogP) is 4.58. The summed E-state index contributed by atoms with van der Waals surface area (Å²) in [6.07, 6.45) is 12.0. The van der Waals surface area contributed by atoms with E-state index in [0.717, 1.165) is 25.7 Å². The highest BCUT2D eigenvalue weighted by atomic mass is 16.3. The van der Waals surface area contributed by atoms with Crippen LogP contribution < -0.4 is 0 Å². The number of benzene rings is 1. The molecular weight excluding hydrogens is 372 g/mol. The van der Waals surface area contributed by atoms with Crippen LogP contribution in [0.5, 0.6) is 0 Å². The van der Waals surface area contributed by atoms with Crippen LogP contribution in [-0.2, 0) is 4.79 Å². The second kappa shape index (κ2) is 7.03. The summed E-state index contributed by atoms with van der Waals surface area (Å²) in [5, 5.41) is 19.9. The molecule has 0 radical (unpaired) electrons. The van der Waals surface area contributed by atoms with Crippen LogP contribution in [0.2, 0.25) is 0 Å². The molecule has 4 aliphatic carbocycles. The third-order valence-corrected chi connectivity index (χ3v) is 8.84. The highest BCUT2D eigenvalue weighted by Crippen LogP contribution is 2.66. The van der Waals surface area contributed by atoms with Crippen molar-refractivity contribution in [3.05, 3.63) is 71.3 Å². The van der Waals surface area contributed by atoms with Gasteiger partial charge in [0.1, 0.15) is 6.61 Å². The van der Waals surface area contributed by atoms with Gasteiger partial charge in [0.2, 0.25) is 0 Å². The summed E-state index contributed by atoms with van der Waals surface area (Å²) in [6, 6.07) is 10.4. The summed E-state index contributed by atoms with van der Waals surface area (Å²) < 4.78 is 0. The van der Waals surface area contributed by atoms with E-state index in [4.69, 9.17) is 0 Å². The number of ketones is 1. The highest BCUT2D eigenvalue weighted by Gasteiger charge is 2.60. The first-order chi connectivity index (χ1) is 14.4. The Balaban J connectivity index is 1.57. The molecule has 3 nitrogen and oxygen atoms in total. The summed E-state index contributed by atoms with van der Waals surface area (Å²) in [4.78, 5) is 13.0. The molecule has 0 aliphatic heterocycles. The summed E-state index contributed by atoms with van der Waals surface area (Å²) in [7, 11) is 0. The Bertz CT molecular complexity index is 942. The van der Waals surface area contributed by atoms with Gasteiger partial charge in [-0.25, -0.2) is 0 Å². The van der Waals surface area contributed by atoms with E-state index in [2.05, 4.69) is 50.3 Å². The largest absolute Gasteiger partial charge is 0.389 e. The van der Waals surface area contributed by atoms with Gasteiger partial charge in [-0.15, -0.1) is 0 Å². The standard InChI is InChI=1S/C27H32O3/c1-26-12-10-19(29)14-18(26)8-9-20-22(26)11-13-27(2)23(20)15-21(25(27)24(30)16-28)17-6-4-3-5-7-17/h3-7,10-12,14,19-21,23,25,28-29H,8-9,13,15-16H2,1-2H3/t19?,20?,21-,23?,25-,26+,27+/m1/s1. The third-order valence-electron chi connectivity index (χ3n) is 8.84. The summed E-state index contributed by atoms with van der Waals surface area (Å²) in [5.41, 5.74) is 3.82. The zero-order valence-electron chi connectivity index (χ0n) is 17.9. The Morgan fingerprint density at radius 2 is 1.93 bits per heavy atom. The van der Waals surface area contributed by atoms with Gasteiger partial charge in [0.15, 0.2) is 5.78 Å². The Labute approximate surface area is 179 Å². The first-order valence-corrected chi connectivity index (χ1v) is 11.4. The van der Waals surface area contributed by atoms with E-state index in [1.165, 1.54) is 16.7 Å². The third kappa shape index (κ3) is 2.75. The molecule has 0 bridgehead atoms. The molecule has 30 heavy (non-hydrogen) atoms. The molecule has 0 spiro atoms. The van der Waals surface area contributed by atoms with E-state index in [0.29, 0.717) is 11.8 Å². The zero-order valence-corrected chi connectivity index (χ0v) is 17.9. The highest BCUT2D eigenvalue weighted by molar-refractivity contribution is 5.84. The molecule has 7 atom stereocenters. The lowest BCUT2D eigenvalue weighted by Gasteiger charge is -2.52. The van der Waals surface area contributed by atoms with Crippen LogP contribution in [0.4, 0.5) is 0 Å². The van der Waals surface area contributed by atoms with Crippen LogP contribution in [0.15, 0.2) is 65.8 Å². The fourth-order valence-electron chi connectivity index (χ4n) is 7.41. The van der Waals surface area contributed by atoms with Crippen molar-refractivity contribution in [2.24, 2.45) is 28.6 Å². The number of carbonyl (C=O) groups is 1. The average Bonchev–Trinajstić information content (AvgIpc) is 3.07. The molecule has 3 heteroatoms. The minimum absolute atomic E-state index is 0.00556. The quantitative estimate of drug-likeness (QED) is 0.725. The molecule has 1 aromatic rings. The van der Waals surface area contributed by atoms with Gasteiger partial charge in [0.05, 0.1) is 6.10 Å². The molecule has 5 rings (SSSR count). The number of rotatable bonds is 3. The van der Waals surface area contributed by atoms with E-state index in [1.807, 2.05) is 18.2 Å². The second-order valence-corrected chi connectivity index (χ2v) is 10.2.